The van der Waals surface area contributed by atoms with E-state index in [-0.39, 0.29) is 5.92 Å². The summed E-state index contributed by atoms with van der Waals surface area (Å²) < 4.78 is 70.0. The monoisotopic (exact) mass is 376 g/mol. The molecule has 0 saturated carbocycles. The van der Waals surface area contributed by atoms with Gasteiger partial charge in [-0.25, -0.2) is 0 Å². The number of alkyl halides is 5. The molecule has 1 atom stereocenters. The molecule has 0 spiro atoms. The minimum Gasteiger partial charge on any atom is -0.457 e. The number of esters is 1. The SMILES string of the molecule is CC(C)CC(C(=O)OCC(=O)COCC(F)(F)C(F)(F)F)C(C)(C)C. The Balaban J connectivity index is 4.43. The van der Waals surface area contributed by atoms with Crippen LogP contribution in [0.15, 0.2) is 0 Å². The van der Waals surface area contributed by atoms with Crippen molar-refractivity contribution >= 4 is 11.8 Å². The number of rotatable bonds is 9. The molecule has 0 aliphatic rings. The Morgan fingerprint density at radius 2 is 1.48 bits per heavy atom. The number of halogens is 5. The lowest BCUT2D eigenvalue weighted by atomic mass is 9.76. The largest absolute Gasteiger partial charge is 0.457 e. The zero-order chi connectivity index (χ0) is 20.1. The maximum absolute atomic E-state index is 12.6. The van der Waals surface area contributed by atoms with E-state index < -0.39 is 55.0 Å². The zero-order valence-electron chi connectivity index (χ0n) is 15.0. The molecule has 0 fully saturated rings. The van der Waals surface area contributed by atoms with Gasteiger partial charge < -0.3 is 9.47 Å². The summed E-state index contributed by atoms with van der Waals surface area (Å²) in [5, 5.41) is 0. The van der Waals surface area contributed by atoms with Gasteiger partial charge in [-0.15, -0.1) is 0 Å². The quantitative estimate of drug-likeness (QED) is 0.451. The molecule has 0 aliphatic heterocycles. The highest BCUT2D eigenvalue weighted by Gasteiger charge is 2.57. The summed E-state index contributed by atoms with van der Waals surface area (Å²) in [6.45, 7) is 5.67. The zero-order valence-corrected chi connectivity index (χ0v) is 15.0. The van der Waals surface area contributed by atoms with Gasteiger partial charge in [0.05, 0.1) is 5.92 Å². The van der Waals surface area contributed by atoms with Crippen molar-refractivity contribution in [2.45, 2.75) is 53.1 Å². The van der Waals surface area contributed by atoms with Gasteiger partial charge in [-0.1, -0.05) is 34.6 Å². The topological polar surface area (TPSA) is 52.6 Å². The van der Waals surface area contributed by atoms with Gasteiger partial charge in [0.15, 0.2) is 12.4 Å². The minimum absolute atomic E-state index is 0.209. The first-order chi connectivity index (χ1) is 11.1. The highest BCUT2D eigenvalue weighted by molar-refractivity contribution is 5.84. The van der Waals surface area contributed by atoms with Crippen LogP contribution in [0.1, 0.15) is 41.0 Å². The summed E-state index contributed by atoms with van der Waals surface area (Å²) in [5.41, 5.74) is -0.407. The summed E-state index contributed by atoms with van der Waals surface area (Å²) in [5.74, 6) is -6.83. The molecule has 0 amide bonds. The highest BCUT2D eigenvalue weighted by atomic mass is 19.4. The number of hydrogen-bond donors (Lipinski definition) is 0. The molecule has 0 saturated heterocycles. The molecular weight excluding hydrogens is 351 g/mol. The summed E-state index contributed by atoms with van der Waals surface area (Å²) >= 11 is 0. The summed E-state index contributed by atoms with van der Waals surface area (Å²) in [4.78, 5) is 23.6. The highest BCUT2D eigenvalue weighted by Crippen LogP contribution is 2.35. The van der Waals surface area contributed by atoms with Crippen LogP contribution in [0.4, 0.5) is 22.0 Å². The molecular formula is C16H25F5O4. The molecule has 148 valence electrons. The van der Waals surface area contributed by atoms with Gasteiger partial charge >= 0.3 is 18.1 Å². The van der Waals surface area contributed by atoms with Gasteiger partial charge in [0.2, 0.25) is 0 Å². The first-order valence-corrected chi connectivity index (χ1v) is 7.78. The van der Waals surface area contributed by atoms with Gasteiger partial charge in [0.1, 0.15) is 13.2 Å². The molecule has 0 radical (unpaired) electrons. The average molecular weight is 376 g/mol. The Morgan fingerprint density at radius 3 is 1.88 bits per heavy atom. The Bertz CT molecular complexity index is 452. The number of ketones is 1. The molecule has 4 nitrogen and oxygen atoms in total. The molecule has 1 unspecified atom stereocenters. The molecule has 0 aromatic rings. The lowest BCUT2D eigenvalue weighted by Crippen LogP contribution is -2.41. The van der Waals surface area contributed by atoms with E-state index in [1.165, 1.54) is 0 Å². The molecule has 0 bridgehead atoms. The molecule has 9 heteroatoms. The van der Waals surface area contributed by atoms with Gasteiger partial charge in [-0.05, 0) is 17.8 Å². The fraction of sp³-hybridized carbons (Fsp3) is 0.875. The average Bonchev–Trinajstić information content (AvgIpc) is 2.39. The minimum atomic E-state index is -5.75. The smallest absolute Gasteiger partial charge is 0.455 e. The lowest BCUT2D eigenvalue weighted by Gasteiger charge is -2.30. The van der Waals surface area contributed by atoms with Crippen LogP contribution in [-0.4, -0.2) is 43.7 Å². The van der Waals surface area contributed by atoms with E-state index in [1.807, 2.05) is 34.6 Å². The number of ether oxygens (including phenoxy) is 2. The van der Waals surface area contributed by atoms with Gasteiger partial charge in [0, 0.05) is 0 Å². The van der Waals surface area contributed by atoms with Crippen molar-refractivity contribution in [3.8, 4) is 0 Å². The van der Waals surface area contributed by atoms with Crippen LogP contribution < -0.4 is 0 Å². The van der Waals surface area contributed by atoms with E-state index in [9.17, 15) is 31.5 Å². The van der Waals surface area contributed by atoms with E-state index >= 15 is 0 Å². The van der Waals surface area contributed by atoms with Crippen LogP contribution in [0.5, 0.6) is 0 Å². The number of carbonyl (C=O) groups is 2. The molecule has 25 heavy (non-hydrogen) atoms. The van der Waals surface area contributed by atoms with E-state index in [1.54, 1.807) is 0 Å². The maximum Gasteiger partial charge on any atom is 0.455 e. The fourth-order valence-electron chi connectivity index (χ4n) is 1.94. The fourth-order valence-corrected chi connectivity index (χ4v) is 1.94. The third kappa shape index (κ3) is 8.60. The third-order valence-corrected chi connectivity index (χ3v) is 3.37. The first-order valence-electron chi connectivity index (χ1n) is 7.78. The standard InChI is InChI=1S/C16H25F5O4/c1-10(2)6-12(14(3,4)5)13(23)25-8-11(22)7-24-9-15(17,18)16(19,20)21/h10,12H,6-9H2,1-5H3. The van der Waals surface area contributed by atoms with Crippen LogP contribution in [0, 0.1) is 17.3 Å². The van der Waals surface area contributed by atoms with Crippen molar-refractivity contribution in [1.82, 2.24) is 0 Å². The molecule has 0 rings (SSSR count). The van der Waals surface area contributed by atoms with E-state index in [2.05, 4.69) is 4.74 Å². The van der Waals surface area contributed by atoms with Crippen molar-refractivity contribution in [2.75, 3.05) is 19.8 Å². The van der Waals surface area contributed by atoms with Crippen LogP contribution in [0.25, 0.3) is 0 Å². The van der Waals surface area contributed by atoms with Crippen molar-refractivity contribution in [3.63, 3.8) is 0 Å². The lowest BCUT2D eigenvalue weighted by molar-refractivity contribution is -0.296. The van der Waals surface area contributed by atoms with Crippen molar-refractivity contribution in [2.24, 2.45) is 17.3 Å². The Kier molecular flexibility index (Phi) is 8.47. The molecule has 0 aromatic carbocycles. The van der Waals surface area contributed by atoms with Crippen LogP contribution >= 0.6 is 0 Å². The first kappa shape index (κ1) is 23.8. The molecule has 0 heterocycles. The Labute approximate surface area is 144 Å². The molecule has 0 aliphatic carbocycles. The number of hydrogen-bond acceptors (Lipinski definition) is 4. The normalized spacial score (nSPS) is 14.5. The van der Waals surface area contributed by atoms with Crippen molar-refractivity contribution < 1.29 is 41.0 Å². The van der Waals surface area contributed by atoms with Crippen molar-refractivity contribution in [1.29, 1.82) is 0 Å². The second-order valence-electron chi connectivity index (χ2n) is 7.39. The second kappa shape index (κ2) is 8.91. The Hall–Kier alpha value is -1.25. The van der Waals surface area contributed by atoms with Crippen molar-refractivity contribution in [3.05, 3.63) is 0 Å². The van der Waals surface area contributed by atoms with Gasteiger partial charge in [-0.2, -0.15) is 22.0 Å². The molecule has 0 N–H and O–H groups in total. The van der Waals surface area contributed by atoms with Crippen LogP contribution in [0.2, 0.25) is 0 Å². The predicted molar refractivity (Wildman–Crippen MR) is 80.2 cm³/mol. The third-order valence-electron chi connectivity index (χ3n) is 3.37. The molecule has 0 aromatic heterocycles. The summed E-state index contributed by atoms with van der Waals surface area (Å²) in [6.07, 6.45) is -5.22. The number of carbonyl (C=O) groups excluding carboxylic acids is 2. The summed E-state index contributed by atoms with van der Waals surface area (Å²) in [6, 6.07) is 0. The van der Waals surface area contributed by atoms with Gasteiger partial charge in [-0.3, -0.25) is 9.59 Å². The predicted octanol–water partition coefficient (Wildman–Crippen LogP) is 4.02. The number of Topliss-reactive ketones (excluding diaryl/α,β-unsaturated/α-hetero) is 1. The van der Waals surface area contributed by atoms with Crippen LogP contribution in [-0.2, 0) is 19.1 Å². The van der Waals surface area contributed by atoms with Crippen LogP contribution in [0.3, 0.4) is 0 Å². The van der Waals surface area contributed by atoms with Gasteiger partial charge in [0.25, 0.3) is 0 Å². The maximum atomic E-state index is 12.6. The summed E-state index contributed by atoms with van der Waals surface area (Å²) in [7, 11) is 0. The Morgan fingerprint density at radius 1 is 0.960 bits per heavy atom. The van der Waals surface area contributed by atoms with E-state index in [0.29, 0.717) is 6.42 Å². The van der Waals surface area contributed by atoms with E-state index in [0.717, 1.165) is 0 Å². The van der Waals surface area contributed by atoms with E-state index in [4.69, 9.17) is 4.74 Å². The second-order valence-corrected chi connectivity index (χ2v) is 7.39.